The van der Waals surface area contributed by atoms with Gasteiger partial charge in [-0.05, 0) is 55.2 Å². The molecule has 0 aromatic heterocycles. The number of hydrogen-bond acceptors (Lipinski definition) is 7. The third kappa shape index (κ3) is 7.19. The number of ether oxygens (including phenoxy) is 3. The fraction of sp³-hybridized carbons (Fsp3) is 0.417. The number of anilines is 1. The Morgan fingerprint density at radius 3 is 2.38 bits per heavy atom. The molecule has 2 aromatic carbocycles. The van der Waals surface area contributed by atoms with Crippen LogP contribution in [0.2, 0.25) is 0 Å². The van der Waals surface area contributed by atoms with Crippen molar-refractivity contribution < 1.29 is 32.2 Å². The minimum atomic E-state index is -3.67. The summed E-state index contributed by atoms with van der Waals surface area (Å²) in [6, 6.07) is 9.18. The lowest BCUT2D eigenvalue weighted by Crippen LogP contribution is -2.24. The molecule has 10 heteroatoms. The zero-order valence-electron chi connectivity index (χ0n) is 20.4. The highest BCUT2D eigenvalue weighted by atomic mass is 32.2. The summed E-state index contributed by atoms with van der Waals surface area (Å²) < 4.78 is 42.1. The number of aryl methyl sites for hydroxylation is 1. The zero-order chi connectivity index (χ0) is 25.5. The van der Waals surface area contributed by atoms with Gasteiger partial charge >= 0.3 is 5.97 Å². The average Bonchev–Trinajstić information content (AvgIpc) is 2.78. The fourth-order valence-corrected chi connectivity index (χ4v) is 4.03. The molecule has 0 unspecified atom stereocenters. The third-order valence-electron chi connectivity index (χ3n) is 4.92. The van der Waals surface area contributed by atoms with Gasteiger partial charge in [-0.3, -0.25) is 4.79 Å². The minimum Gasteiger partial charge on any atom is -0.493 e. The molecule has 0 atom stereocenters. The van der Waals surface area contributed by atoms with Crippen molar-refractivity contribution in [3.63, 3.8) is 0 Å². The SMILES string of the molecule is COc1cc(C(=O)OCC(=O)Nc2ccc(C)c(S(=O)(=O)N(C)C)c2)ccc1OCCC(C)C. The molecular formula is C24H32N2O7S. The lowest BCUT2D eigenvalue weighted by Gasteiger charge is -2.15. The molecule has 186 valence electrons. The summed E-state index contributed by atoms with van der Waals surface area (Å²) in [6.45, 7) is 5.84. The van der Waals surface area contributed by atoms with Crippen molar-refractivity contribution >= 4 is 27.6 Å². The summed E-state index contributed by atoms with van der Waals surface area (Å²) in [5.41, 5.74) is 1.02. The van der Waals surface area contributed by atoms with Crippen LogP contribution in [0.4, 0.5) is 5.69 Å². The largest absolute Gasteiger partial charge is 0.493 e. The predicted molar refractivity (Wildman–Crippen MR) is 129 cm³/mol. The van der Waals surface area contributed by atoms with Crippen LogP contribution in [0.15, 0.2) is 41.3 Å². The number of nitrogens with zero attached hydrogens (tertiary/aromatic N) is 1. The molecule has 0 aliphatic carbocycles. The topological polar surface area (TPSA) is 111 Å². The summed E-state index contributed by atoms with van der Waals surface area (Å²) in [7, 11) is 0.657. The minimum absolute atomic E-state index is 0.0788. The number of methoxy groups -OCH3 is 1. The van der Waals surface area contributed by atoms with Crippen LogP contribution in [0.3, 0.4) is 0 Å². The zero-order valence-corrected chi connectivity index (χ0v) is 21.2. The van der Waals surface area contributed by atoms with Crippen LogP contribution in [0.5, 0.6) is 11.5 Å². The molecule has 2 aromatic rings. The standard InChI is InChI=1S/C24H32N2O7S/c1-16(2)11-12-32-20-10-8-18(13-21(20)31-6)24(28)33-15-23(27)25-19-9-7-17(3)22(14-19)34(29,30)26(4)5/h7-10,13-14,16H,11-12,15H2,1-6H3,(H,25,27). The number of hydrogen-bond donors (Lipinski definition) is 1. The van der Waals surface area contributed by atoms with E-state index in [9.17, 15) is 18.0 Å². The van der Waals surface area contributed by atoms with Gasteiger partial charge in [-0.2, -0.15) is 0 Å². The maximum atomic E-state index is 12.5. The van der Waals surface area contributed by atoms with Gasteiger partial charge in [-0.1, -0.05) is 19.9 Å². The van der Waals surface area contributed by atoms with E-state index in [-0.39, 0.29) is 16.1 Å². The van der Waals surface area contributed by atoms with Gasteiger partial charge < -0.3 is 19.5 Å². The highest BCUT2D eigenvalue weighted by molar-refractivity contribution is 7.89. The number of carbonyl (C=O) groups is 2. The molecule has 0 fully saturated rings. The van der Waals surface area contributed by atoms with E-state index in [1.54, 1.807) is 25.1 Å². The maximum absolute atomic E-state index is 12.5. The van der Waals surface area contributed by atoms with E-state index < -0.39 is 28.5 Å². The van der Waals surface area contributed by atoms with E-state index in [1.807, 2.05) is 0 Å². The highest BCUT2D eigenvalue weighted by Gasteiger charge is 2.21. The molecule has 34 heavy (non-hydrogen) atoms. The first-order valence-corrected chi connectivity index (χ1v) is 12.2. The van der Waals surface area contributed by atoms with Gasteiger partial charge in [-0.25, -0.2) is 17.5 Å². The first kappa shape index (κ1) is 27.1. The van der Waals surface area contributed by atoms with Crippen molar-refractivity contribution in [1.29, 1.82) is 0 Å². The molecule has 1 N–H and O–H groups in total. The number of esters is 1. The molecule has 0 aliphatic rings. The van der Waals surface area contributed by atoms with Crippen molar-refractivity contribution in [2.24, 2.45) is 5.92 Å². The number of sulfonamides is 1. The first-order valence-electron chi connectivity index (χ1n) is 10.8. The van der Waals surface area contributed by atoms with E-state index in [2.05, 4.69) is 19.2 Å². The number of amides is 1. The summed E-state index contributed by atoms with van der Waals surface area (Å²) >= 11 is 0. The van der Waals surface area contributed by atoms with Crippen molar-refractivity contribution in [3.8, 4) is 11.5 Å². The van der Waals surface area contributed by atoms with Crippen molar-refractivity contribution in [3.05, 3.63) is 47.5 Å². The van der Waals surface area contributed by atoms with E-state index >= 15 is 0 Å². The molecule has 1 amide bonds. The van der Waals surface area contributed by atoms with Crippen molar-refractivity contribution in [2.75, 3.05) is 39.7 Å². The van der Waals surface area contributed by atoms with Crippen LogP contribution >= 0.6 is 0 Å². The first-order chi connectivity index (χ1) is 15.9. The predicted octanol–water partition coefficient (Wildman–Crippen LogP) is 3.47. The van der Waals surface area contributed by atoms with E-state index in [1.165, 1.54) is 39.4 Å². The Bertz CT molecular complexity index is 1130. The summed E-state index contributed by atoms with van der Waals surface area (Å²) in [4.78, 5) is 24.8. The molecule has 2 rings (SSSR count). The number of benzene rings is 2. The third-order valence-corrected chi connectivity index (χ3v) is 6.87. The molecule has 0 saturated heterocycles. The number of nitrogens with one attached hydrogen (secondary N) is 1. The van der Waals surface area contributed by atoms with Gasteiger partial charge in [0.15, 0.2) is 18.1 Å². The Labute approximate surface area is 201 Å². The summed E-state index contributed by atoms with van der Waals surface area (Å²) in [5.74, 6) is 0.0838. The normalized spacial score (nSPS) is 11.4. The average molecular weight is 493 g/mol. The summed E-state index contributed by atoms with van der Waals surface area (Å²) in [6.07, 6.45) is 0.881. The molecule has 0 heterocycles. The summed E-state index contributed by atoms with van der Waals surface area (Å²) in [5, 5.41) is 2.55. The van der Waals surface area contributed by atoms with Gasteiger partial charge in [0.25, 0.3) is 5.91 Å². The van der Waals surface area contributed by atoms with Gasteiger partial charge in [0.2, 0.25) is 10.0 Å². The number of rotatable bonds is 11. The van der Waals surface area contributed by atoms with Gasteiger partial charge in [0.1, 0.15) is 0 Å². The lowest BCUT2D eigenvalue weighted by molar-refractivity contribution is -0.119. The molecule has 9 nitrogen and oxygen atoms in total. The quantitative estimate of drug-likeness (QED) is 0.478. The molecule has 0 radical (unpaired) electrons. The van der Waals surface area contributed by atoms with Crippen LogP contribution in [-0.4, -0.2) is 59.0 Å². The molecule has 0 aliphatic heterocycles. The maximum Gasteiger partial charge on any atom is 0.338 e. The lowest BCUT2D eigenvalue weighted by atomic mass is 10.1. The van der Waals surface area contributed by atoms with Crippen LogP contribution in [0.1, 0.15) is 36.2 Å². The molecule has 0 bridgehead atoms. The van der Waals surface area contributed by atoms with E-state index in [4.69, 9.17) is 14.2 Å². The molecule has 0 saturated carbocycles. The smallest absolute Gasteiger partial charge is 0.338 e. The monoisotopic (exact) mass is 492 g/mol. The van der Waals surface area contributed by atoms with Crippen LogP contribution in [0.25, 0.3) is 0 Å². The second-order valence-corrected chi connectivity index (χ2v) is 10.4. The Hall–Kier alpha value is -3.11. The van der Waals surface area contributed by atoms with E-state index in [0.29, 0.717) is 29.6 Å². The Kier molecular flexibility index (Phi) is 9.46. The molecule has 0 spiro atoms. The Balaban J connectivity index is 2.01. The van der Waals surface area contributed by atoms with Crippen molar-refractivity contribution in [1.82, 2.24) is 4.31 Å². The highest BCUT2D eigenvalue weighted by Crippen LogP contribution is 2.29. The van der Waals surface area contributed by atoms with Crippen LogP contribution in [0, 0.1) is 12.8 Å². The number of carbonyl (C=O) groups excluding carboxylic acids is 2. The van der Waals surface area contributed by atoms with Crippen molar-refractivity contribution in [2.45, 2.75) is 32.1 Å². The Morgan fingerprint density at radius 2 is 1.76 bits per heavy atom. The fourth-order valence-electron chi connectivity index (χ4n) is 2.88. The van der Waals surface area contributed by atoms with Gasteiger partial charge in [0.05, 0.1) is 24.2 Å². The second-order valence-electron chi connectivity index (χ2n) is 8.29. The Morgan fingerprint density at radius 1 is 1.06 bits per heavy atom. The van der Waals surface area contributed by atoms with Gasteiger partial charge in [0, 0.05) is 19.8 Å². The van der Waals surface area contributed by atoms with Gasteiger partial charge in [-0.15, -0.1) is 0 Å². The van der Waals surface area contributed by atoms with E-state index in [0.717, 1.165) is 10.7 Å². The van der Waals surface area contributed by atoms with Crippen LogP contribution in [-0.2, 0) is 19.6 Å². The van der Waals surface area contributed by atoms with Crippen LogP contribution < -0.4 is 14.8 Å². The second kappa shape index (κ2) is 11.8. The molecular weight excluding hydrogens is 460 g/mol.